The van der Waals surface area contributed by atoms with Gasteiger partial charge < -0.3 is 21.1 Å². The molecule has 0 spiro atoms. The molecule has 0 aromatic heterocycles. The molecular weight excluding hydrogens is 418 g/mol. The van der Waals surface area contributed by atoms with Crippen LogP contribution in [0.5, 0.6) is 5.75 Å². The summed E-state index contributed by atoms with van der Waals surface area (Å²) in [4.78, 5) is 23.8. The van der Waals surface area contributed by atoms with Crippen molar-refractivity contribution < 1.29 is 14.7 Å². The number of benzene rings is 4. The Labute approximate surface area is 190 Å². The number of phenolic OH excluding ortho intramolecular Hbond substituents is 1. The maximum absolute atomic E-state index is 13.1. The molecule has 0 bridgehead atoms. The molecule has 4 aromatic rings. The van der Waals surface area contributed by atoms with Crippen LogP contribution in [0.3, 0.4) is 0 Å². The van der Waals surface area contributed by atoms with Crippen molar-refractivity contribution in [3.8, 4) is 5.75 Å². The van der Waals surface area contributed by atoms with Crippen LogP contribution in [0.15, 0.2) is 89.1 Å². The van der Waals surface area contributed by atoms with Crippen LogP contribution in [0.4, 0.5) is 28.4 Å². The maximum atomic E-state index is 13.1. The number of nitrogens with zero attached hydrogens (tertiary/aromatic N) is 2. The van der Waals surface area contributed by atoms with Gasteiger partial charge in [0.15, 0.2) is 5.75 Å². The maximum Gasteiger partial charge on any atom is 0.259 e. The molecule has 4 rings (SSSR count). The van der Waals surface area contributed by atoms with Gasteiger partial charge in [0.1, 0.15) is 5.69 Å². The zero-order chi connectivity index (χ0) is 23.2. The number of hydrogen-bond acceptors (Lipinski definition) is 6. The van der Waals surface area contributed by atoms with Crippen LogP contribution in [-0.2, 0) is 4.79 Å². The molecule has 0 saturated heterocycles. The van der Waals surface area contributed by atoms with E-state index < -0.39 is 5.91 Å². The van der Waals surface area contributed by atoms with Crippen LogP contribution in [0.25, 0.3) is 10.8 Å². The Morgan fingerprint density at radius 2 is 1.67 bits per heavy atom. The summed E-state index contributed by atoms with van der Waals surface area (Å²) >= 11 is 0. The smallest absolute Gasteiger partial charge is 0.259 e. The van der Waals surface area contributed by atoms with Crippen LogP contribution < -0.4 is 16.0 Å². The molecule has 0 atom stereocenters. The van der Waals surface area contributed by atoms with Crippen LogP contribution in [0.2, 0.25) is 0 Å². The first-order chi connectivity index (χ1) is 16.1. The third-order valence-corrected chi connectivity index (χ3v) is 5.02. The van der Waals surface area contributed by atoms with E-state index in [2.05, 4.69) is 26.2 Å². The monoisotopic (exact) mass is 439 g/mol. The van der Waals surface area contributed by atoms with Gasteiger partial charge in [-0.2, -0.15) is 5.11 Å². The Bertz CT molecular complexity index is 1350. The van der Waals surface area contributed by atoms with Crippen molar-refractivity contribution >= 4 is 51.5 Å². The van der Waals surface area contributed by atoms with Gasteiger partial charge in [0.2, 0.25) is 6.41 Å². The van der Waals surface area contributed by atoms with E-state index in [0.29, 0.717) is 34.5 Å². The quantitative estimate of drug-likeness (QED) is 0.214. The van der Waals surface area contributed by atoms with Crippen LogP contribution in [-0.4, -0.2) is 24.5 Å². The molecule has 4 aromatic carbocycles. The Morgan fingerprint density at radius 3 is 2.42 bits per heavy atom. The molecule has 164 valence electrons. The number of nitrogens with one attached hydrogen (secondary N) is 3. The summed E-state index contributed by atoms with van der Waals surface area (Å²) in [6.07, 6.45) is 0.576. The predicted octanol–water partition coefficient (Wildman–Crippen LogP) is 5.82. The number of phenols is 1. The minimum Gasteiger partial charge on any atom is -0.505 e. The highest BCUT2D eigenvalue weighted by molar-refractivity contribution is 6.12. The average molecular weight is 439 g/mol. The van der Waals surface area contributed by atoms with Gasteiger partial charge in [-0.25, -0.2) is 0 Å². The van der Waals surface area contributed by atoms with Crippen LogP contribution >= 0.6 is 0 Å². The molecule has 0 fully saturated rings. The normalized spacial score (nSPS) is 10.8. The van der Waals surface area contributed by atoms with Crippen LogP contribution in [0, 0.1) is 0 Å². The number of aromatic hydroxyl groups is 1. The second-order valence-corrected chi connectivity index (χ2v) is 7.10. The first kappa shape index (κ1) is 21.5. The van der Waals surface area contributed by atoms with E-state index in [1.807, 2.05) is 42.5 Å². The molecule has 4 N–H and O–H groups in total. The summed E-state index contributed by atoms with van der Waals surface area (Å²) in [7, 11) is 1.70. The number of amides is 2. The summed E-state index contributed by atoms with van der Waals surface area (Å²) in [5.41, 5.74) is 2.59. The van der Waals surface area contributed by atoms with E-state index in [1.54, 1.807) is 43.4 Å². The fourth-order valence-corrected chi connectivity index (χ4v) is 3.41. The Balaban J connectivity index is 1.72. The summed E-state index contributed by atoms with van der Waals surface area (Å²) < 4.78 is 0. The molecule has 8 nitrogen and oxygen atoms in total. The molecule has 0 aliphatic rings. The number of carbonyl (C=O) groups is 2. The number of carbonyl (C=O) groups excluding carboxylic acids is 2. The number of azo groups is 1. The molecule has 2 amide bonds. The molecule has 0 unspecified atom stereocenters. The van der Waals surface area contributed by atoms with Crippen molar-refractivity contribution in [2.45, 2.75) is 0 Å². The summed E-state index contributed by atoms with van der Waals surface area (Å²) in [5, 5.41) is 29.2. The van der Waals surface area contributed by atoms with E-state index in [1.165, 1.54) is 0 Å². The highest BCUT2D eigenvalue weighted by atomic mass is 16.3. The molecule has 0 heterocycles. The van der Waals surface area contributed by atoms with E-state index in [4.69, 9.17) is 0 Å². The SMILES string of the molecule is CNc1cc(NC(=O)c2cc3ccccc3c(N=Nc3ccccc3)c2O)ccc1NC=O. The lowest BCUT2D eigenvalue weighted by Crippen LogP contribution is -2.12. The summed E-state index contributed by atoms with van der Waals surface area (Å²) in [6, 6.07) is 23.1. The number of fused-ring (bicyclic) bond motifs is 1. The fraction of sp³-hybridized carbons (Fsp3) is 0.0400. The van der Waals surface area contributed by atoms with Gasteiger partial charge in [-0.05, 0) is 41.8 Å². The van der Waals surface area contributed by atoms with Crippen molar-refractivity contribution in [1.82, 2.24) is 0 Å². The first-order valence-electron chi connectivity index (χ1n) is 10.2. The lowest BCUT2D eigenvalue weighted by atomic mass is 10.0. The number of anilines is 3. The fourth-order valence-electron chi connectivity index (χ4n) is 3.41. The van der Waals surface area contributed by atoms with Gasteiger partial charge in [-0.3, -0.25) is 9.59 Å². The number of hydrogen-bond donors (Lipinski definition) is 4. The van der Waals surface area contributed by atoms with Crippen LogP contribution in [0.1, 0.15) is 10.4 Å². The Hall–Kier alpha value is -4.72. The third-order valence-electron chi connectivity index (χ3n) is 5.02. The van der Waals surface area contributed by atoms with Crippen molar-refractivity contribution in [2.24, 2.45) is 10.2 Å². The van der Waals surface area contributed by atoms with E-state index in [9.17, 15) is 14.7 Å². The van der Waals surface area contributed by atoms with E-state index in [0.717, 1.165) is 5.39 Å². The van der Waals surface area contributed by atoms with Gasteiger partial charge in [-0.1, -0.05) is 42.5 Å². The van der Waals surface area contributed by atoms with Crippen molar-refractivity contribution in [3.05, 3.63) is 84.4 Å². The van der Waals surface area contributed by atoms with Gasteiger partial charge >= 0.3 is 0 Å². The third kappa shape index (κ3) is 4.64. The topological polar surface area (TPSA) is 115 Å². The highest BCUT2D eigenvalue weighted by Crippen LogP contribution is 2.39. The second-order valence-electron chi connectivity index (χ2n) is 7.10. The molecule has 0 aliphatic heterocycles. The minimum atomic E-state index is -0.507. The zero-order valence-corrected chi connectivity index (χ0v) is 17.7. The lowest BCUT2D eigenvalue weighted by Gasteiger charge is -2.13. The molecular formula is C25H21N5O3. The minimum absolute atomic E-state index is 0.0665. The molecule has 0 aliphatic carbocycles. The van der Waals surface area contributed by atoms with Gasteiger partial charge in [0.25, 0.3) is 5.91 Å². The van der Waals surface area contributed by atoms with Gasteiger partial charge in [-0.15, -0.1) is 5.11 Å². The Morgan fingerprint density at radius 1 is 0.909 bits per heavy atom. The predicted molar refractivity (Wildman–Crippen MR) is 130 cm³/mol. The summed E-state index contributed by atoms with van der Waals surface area (Å²) in [6.45, 7) is 0. The Kier molecular flexibility index (Phi) is 6.26. The molecule has 0 saturated carbocycles. The van der Waals surface area contributed by atoms with Gasteiger partial charge in [0, 0.05) is 18.1 Å². The molecule has 8 heteroatoms. The van der Waals surface area contributed by atoms with Crippen molar-refractivity contribution in [1.29, 1.82) is 0 Å². The second kappa shape index (κ2) is 9.61. The van der Waals surface area contributed by atoms with Crippen molar-refractivity contribution in [3.63, 3.8) is 0 Å². The highest BCUT2D eigenvalue weighted by Gasteiger charge is 2.19. The standard InChI is InChI=1S/C25H21N5O3/c1-26-22-14-18(11-12-21(22)27-15-31)28-25(33)20-13-16-7-5-6-10-19(16)23(24(20)32)30-29-17-8-3-2-4-9-17/h2-15,26,32H,1H3,(H,27,31)(H,28,33). The van der Waals surface area contributed by atoms with E-state index >= 15 is 0 Å². The molecule has 0 radical (unpaired) electrons. The lowest BCUT2D eigenvalue weighted by molar-refractivity contribution is -0.105. The van der Waals surface area contributed by atoms with E-state index in [-0.39, 0.29) is 17.0 Å². The molecule has 33 heavy (non-hydrogen) atoms. The summed E-state index contributed by atoms with van der Waals surface area (Å²) in [5.74, 6) is -0.772. The largest absolute Gasteiger partial charge is 0.505 e. The first-order valence-corrected chi connectivity index (χ1v) is 10.2. The number of rotatable bonds is 7. The zero-order valence-electron chi connectivity index (χ0n) is 17.7. The van der Waals surface area contributed by atoms with Crippen molar-refractivity contribution in [2.75, 3.05) is 23.0 Å². The average Bonchev–Trinajstić information content (AvgIpc) is 2.84. The van der Waals surface area contributed by atoms with Gasteiger partial charge in [0.05, 0.1) is 22.6 Å².